The number of furan rings is 1. The highest BCUT2D eigenvalue weighted by atomic mass is 19.1. The molecule has 33 heavy (non-hydrogen) atoms. The van der Waals surface area contributed by atoms with E-state index in [0.29, 0.717) is 16.9 Å². The molecule has 7 heteroatoms. The van der Waals surface area contributed by atoms with Crippen LogP contribution < -0.4 is 10.1 Å². The first-order chi connectivity index (χ1) is 16.1. The predicted molar refractivity (Wildman–Crippen MR) is 121 cm³/mol. The molecule has 0 saturated heterocycles. The molecule has 2 aromatic carbocycles. The van der Waals surface area contributed by atoms with Crippen LogP contribution in [-0.2, 0) is 11.3 Å². The molecule has 2 amide bonds. The molecular formula is C26H27FN2O4. The monoisotopic (exact) mass is 450 g/mol. The molecule has 1 atom stereocenters. The van der Waals surface area contributed by atoms with Crippen LogP contribution in [-0.4, -0.2) is 29.9 Å². The van der Waals surface area contributed by atoms with E-state index in [9.17, 15) is 14.0 Å². The van der Waals surface area contributed by atoms with Crippen LogP contribution in [0.25, 0.3) is 0 Å². The molecule has 0 radical (unpaired) electrons. The Hall–Kier alpha value is -3.61. The van der Waals surface area contributed by atoms with Crippen molar-refractivity contribution in [2.24, 2.45) is 0 Å². The lowest BCUT2D eigenvalue weighted by atomic mass is 10.0. The zero-order valence-electron chi connectivity index (χ0n) is 18.5. The summed E-state index contributed by atoms with van der Waals surface area (Å²) >= 11 is 0. The maximum absolute atomic E-state index is 14.6. The van der Waals surface area contributed by atoms with Crippen LogP contribution in [0.2, 0.25) is 0 Å². The van der Waals surface area contributed by atoms with Crippen LogP contribution in [0, 0.1) is 5.82 Å². The van der Waals surface area contributed by atoms with E-state index in [1.54, 1.807) is 48.5 Å². The van der Waals surface area contributed by atoms with Crippen LogP contribution >= 0.6 is 0 Å². The third-order valence-electron chi connectivity index (χ3n) is 5.96. The van der Waals surface area contributed by atoms with Crippen LogP contribution in [0.3, 0.4) is 0 Å². The van der Waals surface area contributed by atoms with Gasteiger partial charge in [0.15, 0.2) is 5.76 Å². The van der Waals surface area contributed by atoms with Gasteiger partial charge in [0.1, 0.15) is 17.6 Å². The summed E-state index contributed by atoms with van der Waals surface area (Å²) in [5.74, 6) is -0.630. The van der Waals surface area contributed by atoms with Gasteiger partial charge in [0, 0.05) is 11.6 Å². The summed E-state index contributed by atoms with van der Waals surface area (Å²) in [5, 5.41) is 3.10. The van der Waals surface area contributed by atoms with Crippen LogP contribution in [0.4, 0.5) is 4.39 Å². The molecule has 0 unspecified atom stereocenters. The summed E-state index contributed by atoms with van der Waals surface area (Å²) in [6.07, 6.45) is 5.30. The fourth-order valence-corrected chi connectivity index (χ4v) is 4.27. The summed E-state index contributed by atoms with van der Waals surface area (Å²) < 4.78 is 25.3. The summed E-state index contributed by atoms with van der Waals surface area (Å²) in [6.45, 7) is -0.105. The summed E-state index contributed by atoms with van der Waals surface area (Å²) in [7, 11) is 1.54. The van der Waals surface area contributed by atoms with Crippen molar-refractivity contribution in [2.45, 2.75) is 44.3 Å². The molecule has 0 bridgehead atoms. The Morgan fingerprint density at radius 3 is 2.61 bits per heavy atom. The second kappa shape index (κ2) is 10.3. The number of hydrogen-bond acceptors (Lipinski definition) is 4. The molecule has 1 aliphatic carbocycles. The normalized spacial score (nSPS) is 14.6. The van der Waals surface area contributed by atoms with Gasteiger partial charge in [-0.25, -0.2) is 4.39 Å². The minimum atomic E-state index is -1.00. The average molecular weight is 451 g/mol. The van der Waals surface area contributed by atoms with E-state index < -0.39 is 17.8 Å². The van der Waals surface area contributed by atoms with Gasteiger partial charge in [-0.05, 0) is 48.7 Å². The Morgan fingerprint density at radius 1 is 1.12 bits per heavy atom. The predicted octanol–water partition coefficient (Wildman–Crippen LogP) is 4.87. The second-order valence-corrected chi connectivity index (χ2v) is 8.17. The van der Waals surface area contributed by atoms with Gasteiger partial charge in [0.25, 0.3) is 5.91 Å². The van der Waals surface area contributed by atoms with E-state index in [0.717, 1.165) is 25.7 Å². The Kier molecular flexibility index (Phi) is 7.07. The highest BCUT2D eigenvalue weighted by molar-refractivity contribution is 5.96. The highest BCUT2D eigenvalue weighted by Gasteiger charge is 2.35. The largest absolute Gasteiger partial charge is 0.497 e. The van der Waals surface area contributed by atoms with Gasteiger partial charge in [-0.1, -0.05) is 43.2 Å². The SMILES string of the molecule is COc1cccc([C@@H](C(=O)NC2CCCC2)N(Cc2ccccc2F)C(=O)c2ccco2)c1. The summed E-state index contributed by atoms with van der Waals surface area (Å²) in [6, 6.07) is 15.5. The maximum atomic E-state index is 14.6. The van der Waals surface area contributed by atoms with Gasteiger partial charge >= 0.3 is 0 Å². The molecule has 172 valence electrons. The third kappa shape index (κ3) is 5.25. The van der Waals surface area contributed by atoms with E-state index >= 15 is 0 Å². The molecule has 1 heterocycles. The Bertz CT molecular complexity index is 1090. The molecule has 6 nitrogen and oxygen atoms in total. The summed E-state index contributed by atoms with van der Waals surface area (Å²) in [5.41, 5.74) is 0.875. The molecule has 3 aromatic rings. The van der Waals surface area contributed by atoms with Crippen molar-refractivity contribution in [1.82, 2.24) is 10.2 Å². The van der Waals surface area contributed by atoms with Crippen molar-refractivity contribution < 1.29 is 23.1 Å². The van der Waals surface area contributed by atoms with Gasteiger partial charge in [0.2, 0.25) is 5.91 Å². The number of hydrogen-bond donors (Lipinski definition) is 1. The van der Waals surface area contributed by atoms with Crippen LogP contribution in [0.5, 0.6) is 5.75 Å². The van der Waals surface area contributed by atoms with Crippen molar-refractivity contribution >= 4 is 11.8 Å². The Balaban J connectivity index is 1.77. The number of amides is 2. The van der Waals surface area contributed by atoms with Gasteiger partial charge in [-0.15, -0.1) is 0 Å². The van der Waals surface area contributed by atoms with Crippen molar-refractivity contribution in [2.75, 3.05) is 7.11 Å². The fourth-order valence-electron chi connectivity index (χ4n) is 4.27. The lowest BCUT2D eigenvalue weighted by Gasteiger charge is -2.32. The molecule has 1 N–H and O–H groups in total. The van der Waals surface area contributed by atoms with E-state index in [-0.39, 0.29) is 24.3 Å². The molecule has 1 aliphatic rings. The van der Waals surface area contributed by atoms with E-state index in [1.165, 1.54) is 30.4 Å². The number of carbonyl (C=O) groups is 2. The standard InChI is InChI=1S/C26H27FN2O4/c1-32-21-12-6-9-18(16-21)24(25(30)28-20-10-3-4-11-20)29(26(31)23-14-7-15-33-23)17-19-8-2-5-13-22(19)27/h2,5-9,12-16,20,24H,3-4,10-11,17H2,1H3,(H,28,30)/t24-/m0/s1. The third-order valence-corrected chi connectivity index (χ3v) is 5.96. The van der Waals surface area contributed by atoms with Crippen molar-refractivity contribution in [1.29, 1.82) is 0 Å². The first-order valence-electron chi connectivity index (χ1n) is 11.1. The zero-order chi connectivity index (χ0) is 23.2. The highest BCUT2D eigenvalue weighted by Crippen LogP contribution is 2.30. The topological polar surface area (TPSA) is 71.8 Å². The van der Waals surface area contributed by atoms with Gasteiger partial charge < -0.3 is 19.4 Å². The van der Waals surface area contributed by atoms with Crippen LogP contribution in [0.1, 0.15) is 53.4 Å². The first kappa shape index (κ1) is 22.6. The minimum Gasteiger partial charge on any atom is -0.497 e. The van der Waals surface area contributed by atoms with Crippen molar-refractivity contribution in [3.63, 3.8) is 0 Å². The molecular weight excluding hydrogens is 423 g/mol. The smallest absolute Gasteiger partial charge is 0.290 e. The number of methoxy groups -OCH3 is 1. The molecule has 0 spiro atoms. The lowest BCUT2D eigenvalue weighted by Crippen LogP contribution is -2.46. The first-order valence-corrected chi connectivity index (χ1v) is 11.1. The number of nitrogens with zero attached hydrogens (tertiary/aromatic N) is 1. The quantitative estimate of drug-likeness (QED) is 0.532. The minimum absolute atomic E-state index is 0.0552. The summed E-state index contributed by atoms with van der Waals surface area (Å²) in [4.78, 5) is 28.5. The number of halogens is 1. The number of nitrogens with one attached hydrogen (secondary N) is 1. The number of benzene rings is 2. The van der Waals surface area contributed by atoms with Crippen LogP contribution in [0.15, 0.2) is 71.3 Å². The number of ether oxygens (including phenoxy) is 1. The van der Waals surface area contributed by atoms with Crippen molar-refractivity contribution in [3.05, 3.63) is 89.6 Å². The average Bonchev–Trinajstić information content (AvgIpc) is 3.54. The van der Waals surface area contributed by atoms with E-state index in [4.69, 9.17) is 9.15 Å². The van der Waals surface area contributed by atoms with Gasteiger partial charge in [0.05, 0.1) is 19.9 Å². The molecule has 1 saturated carbocycles. The Labute approximate surface area is 192 Å². The van der Waals surface area contributed by atoms with Crippen molar-refractivity contribution in [3.8, 4) is 5.75 Å². The van der Waals surface area contributed by atoms with Gasteiger partial charge in [-0.3, -0.25) is 9.59 Å². The zero-order valence-corrected chi connectivity index (χ0v) is 18.5. The molecule has 0 aliphatic heterocycles. The van der Waals surface area contributed by atoms with E-state index in [2.05, 4.69) is 5.32 Å². The molecule has 4 rings (SSSR count). The lowest BCUT2D eigenvalue weighted by molar-refractivity contribution is -0.126. The Morgan fingerprint density at radius 2 is 1.91 bits per heavy atom. The second-order valence-electron chi connectivity index (χ2n) is 8.17. The fraction of sp³-hybridized carbons (Fsp3) is 0.308. The molecule has 1 aromatic heterocycles. The maximum Gasteiger partial charge on any atom is 0.290 e. The van der Waals surface area contributed by atoms with Gasteiger partial charge in [-0.2, -0.15) is 0 Å². The number of carbonyl (C=O) groups excluding carboxylic acids is 2. The molecule has 1 fully saturated rings. The van der Waals surface area contributed by atoms with E-state index in [1.807, 2.05) is 0 Å². The number of rotatable bonds is 8.